The average molecular weight is 238 g/mol. The van der Waals surface area contributed by atoms with E-state index in [-0.39, 0.29) is 5.82 Å². The largest absolute Gasteiger partial charge is 0.494 e. The summed E-state index contributed by atoms with van der Waals surface area (Å²) in [7, 11) is 0. The van der Waals surface area contributed by atoms with Crippen LogP contribution in [0.25, 0.3) is 10.4 Å². The number of nitrogens with two attached hydrogens (primary N) is 1. The molecule has 0 aliphatic carbocycles. The molecule has 2 N–H and O–H groups in total. The summed E-state index contributed by atoms with van der Waals surface area (Å²) < 4.78 is 18.6. The van der Waals surface area contributed by atoms with Crippen LogP contribution in [0.3, 0.4) is 0 Å². The van der Waals surface area contributed by atoms with E-state index in [4.69, 9.17) is 10.5 Å². The number of halogens is 1. The first-order valence-electron chi connectivity index (χ1n) is 4.84. The normalized spacial score (nSPS) is 10.4. The second-order valence-corrected chi connectivity index (χ2v) is 4.23. The molecule has 0 fully saturated rings. The Morgan fingerprint density at radius 2 is 2.25 bits per heavy atom. The van der Waals surface area contributed by atoms with E-state index in [1.165, 1.54) is 23.5 Å². The summed E-state index contributed by atoms with van der Waals surface area (Å²) >= 11 is 1.32. The van der Waals surface area contributed by atoms with Gasteiger partial charge in [0.25, 0.3) is 0 Å². The monoisotopic (exact) mass is 238 g/mol. The van der Waals surface area contributed by atoms with Crippen molar-refractivity contribution in [2.45, 2.75) is 6.92 Å². The highest BCUT2D eigenvalue weighted by Gasteiger charge is 2.06. The highest BCUT2D eigenvalue weighted by Crippen LogP contribution is 2.30. The Kier molecular flexibility index (Phi) is 3.05. The Bertz CT molecular complexity index is 498. The predicted molar refractivity (Wildman–Crippen MR) is 63.1 cm³/mol. The Morgan fingerprint density at radius 1 is 1.44 bits per heavy atom. The summed E-state index contributed by atoms with van der Waals surface area (Å²) in [4.78, 5) is 4.76. The van der Waals surface area contributed by atoms with Gasteiger partial charge in [-0.05, 0) is 24.6 Å². The Morgan fingerprint density at radius 3 is 2.88 bits per heavy atom. The number of benzene rings is 1. The van der Waals surface area contributed by atoms with Crippen molar-refractivity contribution >= 4 is 16.5 Å². The van der Waals surface area contributed by atoms with E-state index < -0.39 is 0 Å². The van der Waals surface area contributed by atoms with E-state index in [0.29, 0.717) is 17.5 Å². The summed E-state index contributed by atoms with van der Waals surface area (Å²) in [6.07, 6.45) is 1.63. The maximum Gasteiger partial charge on any atom is 0.180 e. The van der Waals surface area contributed by atoms with Crippen LogP contribution in [-0.2, 0) is 0 Å². The summed E-state index contributed by atoms with van der Waals surface area (Å²) in [5, 5.41) is 0.470. The van der Waals surface area contributed by atoms with Crippen LogP contribution in [0.4, 0.5) is 9.52 Å². The van der Waals surface area contributed by atoms with Crippen LogP contribution in [0.2, 0.25) is 0 Å². The molecule has 0 spiro atoms. The molecule has 0 saturated carbocycles. The van der Waals surface area contributed by atoms with Gasteiger partial charge in [-0.25, -0.2) is 9.37 Å². The lowest BCUT2D eigenvalue weighted by Gasteiger charge is -2.05. The number of rotatable bonds is 3. The molecule has 2 rings (SSSR count). The molecule has 0 aliphatic heterocycles. The SMILES string of the molecule is CCOc1cc(F)cc(-c2cnc(N)s2)c1. The smallest absolute Gasteiger partial charge is 0.180 e. The van der Waals surface area contributed by atoms with Crippen molar-refractivity contribution < 1.29 is 9.13 Å². The van der Waals surface area contributed by atoms with Crippen LogP contribution in [0, 0.1) is 5.82 Å². The van der Waals surface area contributed by atoms with Crippen LogP contribution >= 0.6 is 11.3 Å². The molecule has 1 aromatic heterocycles. The molecular weight excluding hydrogens is 227 g/mol. The lowest BCUT2D eigenvalue weighted by molar-refractivity contribution is 0.338. The van der Waals surface area contributed by atoms with Gasteiger partial charge in [0.05, 0.1) is 11.5 Å². The fraction of sp³-hybridized carbons (Fsp3) is 0.182. The third-order valence-electron chi connectivity index (χ3n) is 1.99. The molecule has 0 aliphatic rings. The minimum absolute atomic E-state index is 0.326. The minimum Gasteiger partial charge on any atom is -0.494 e. The second kappa shape index (κ2) is 4.49. The average Bonchev–Trinajstić information content (AvgIpc) is 2.64. The van der Waals surface area contributed by atoms with Gasteiger partial charge in [0.15, 0.2) is 5.13 Å². The van der Waals surface area contributed by atoms with Crippen LogP contribution in [0.1, 0.15) is 6.92 Å². The first-order valence-corrected chi connectivity index (χ1v) is 5.65. The summed E-state index contributed by atoms with van der Waals surface area (Å²) in [6.45, 7) is 2.36. The van der Waals surface area contributed by atoms with E-state index in [0.717, 1.165) is 10.4 Å². The number of hydrogen-bond acceptors (Lipinski definition) is 4. The summed E-state index contributed by atoms with van der Waals surface area (Å²) in [6, 6.07) is 4.58. The van der Waals surface area contributed by atoms with Gasteiger partial charge in [-0.1, -0.05) is 11.3 Å². The quantitative estimate of drug-likeness (QED) is 0.894. The fourth-order valence-corrected chi connectivity index (χ4v) is 2.05. The van der Waals surface area contributed by atoms with Crippen molar-refractivity contribution in [3.63, 3.8) is 0 Å². The number of ether oxygens (including phenoxy) is 1. The third-order valence-corrected chi connectivity index (χ3v) is 2.87. The molecule has 0 amide bonds. The summed E-state index contributed by atoms with van der Waals surface area (Å²) in [5.41, 5.74) is 6.27. The van der Waals surface area contributed by atoms with Gasteiger partial charge < -0.3 is 10.5 Å². The molecule has 3 nitrogen and oxygen atoms in total. The van der Waals surface area contributed by atoms with Crippen molar-refractivity contribution in [1.29, 1.82) is 0 Å². The van der Waals surface area contributed by atoms with Gasteiger partial charge in [0, 0.05) is 12.3 Å². The number of nitrogen functional groups attached to an aromatic ring is 1. The van der Waals surface area contributed by atoms with Crippen molar-refractivity contribution in [3.8, 4) is 16.2 Å². The first kappa shape index (κ1) is 10.9. The molecule has 1 heterocycles. The van der Waals surface area contributed by atoms with E-state index in [1.54, 1.807) is 12.3 Å². The van der Waals surface area contributed by atoms with E-state index >= 15 is 0 Å². The number of nitrogens with zero attached hydrogens (tertiary/aromatic N) is 1. The van der Waals surface area contributed by atoms with E-state index in [1.807, 2.05) is 6.92 Å². The van der Waals surface area contributed by atoms with Crippen molar-refractivity contribution in [2.24, 2.45) is 0 Å². The van der Waals surface area contributed by atoms with Crippen LogP contribution in [0.5, 0.6) is 5.75 Å². The molecular formula is C11H11FN2OS. The molecule has 0 unspecified atom stereocenters. The van der Waals surface area contributed by atoms with Gasteiger partial charge in [0.2, 0.25) is 0 Å². The highest BCUT2D eigenvalue weighted by atomic mass is 32.1. The summed E-state index contributed by atoms with van der Waals surface area (Å²) in [5.74, 6) is 0.192. The zero-order valence-corrected chi connectivity index (χ0v) is 9.55. The number of anilines is 1. The van der Waals surface area contributed by atoms with Crippen LogP contribution < -0.4 is 10.5 Å². The zero-order chi connectivity index (χ0) is 11.5. The van der Waals surface area contributed by atoms with Gasteiger partial charge in [0.1, 0.15) is 11.6 Å². The molecule has 5 heteroatoms. The Balaban J connectivity index is 2.40. The van der Waals surface area contributed by atoms with E-state index in [2.05, 4.69) is 4.98 Å². The number of thiazole rings is 1. The van der Waals surface area contributed by atoms with Crippen LogP contribution in [0.15, 0.2) is 24.4 Å². The Labute approximate surface area is 96.7 Å². The second-order valence-electron chi connectivity index (χ2n) is 3.17. The maximum absolute atomic E-state index is 13.3. The molecule has 0 bridgehead atoms. The third kappa shape index (κ3) is 2.30. The van der Waals surface area contributed by atoms with Gasteiger partial charge in [-0.3, -0.25) is 0 Å². The Hall–Kier alpha value is -1.62. The minimum atomic E-state index is -0.326. The lowest BCUT2D eigenvalue weighted by Crippen LogP contribution is -1.92. The molecule has 1 aromatic carbocycles. The topological polar surface area (TPSA) is 48.1 Å². The molecule has 0 atom stereocenters. The van der Waals surface area contributed by atoms with Gasteiger partial charge in [-0.15, -0.1) is 0 Å². The van der Waals surface area contributed by atoms with Crippen molar-refractivity contribution in [1.82, 2.24) is 4.98 Å². The van der Waals surface area contributed by atoms with Crippen molar-refractivity contribution in [3.05, 3.63) is 30.2 Å². The molecule has 0 saturated heterocycles. The lowest BCUT2D eigenvalue weighted by atomic mass is 10.2. The number of hydrogen-bond donors (Lipinski definition) is 1. The van der Waals surface area contributed by atoms with E-state index in [9.17, 15) is 4.39 Å². The maximum atomic E-state index is 13.3. The molecule has 16 heavy (non-hydrogen) atoms. The van der Waals surface area contributed by atoms with Gasteiger partial charge in [-0.2, -0.15) is 0 Å². The van der Waals surface area contributed by atoms with Crippen LogP contribution in [-0.4, -0.2) is 11.6 Å². The van der Waals surface area contributed by atoms with Gasteiger partial charge >= 0.3 is 0 Å². The number of aromatic nitrogens is 1. The van der Waals surface area contributed by atoms with Crippen molar-refractivity contribution in [2.75, 3.05) is 12.3 Å². The fourth-order valence-electron chi connectivity index (χ4n) is 1.38. The zero-order valence-electron chi connectivity index (χ0n) is 8.74. The molecule has 84 valence electrons. The molecule has 0 radical (unpaired) electrons. The first-order chi connectivity index (χ1) is 7.69. The highest BCUT2D eigenvalue weighted by molar-refractivity contribution is 7.18. The standard InChI is InChI=1S/C11H11FN2OS/c1-2-15-9-4-7(3-8(12)5-9)10-6-14-11(13)16-10/h3-6H,2H2,1H3,(H2,13,14). The molecule has 2 aromatic rings. The predicted octanol–water partition coefficient (Wildman–Crippen LogP) is 2.93.